The van der Waals surface area contributed by atoms with Crippen molar-refractivity contribution in [3.63, 3.8) is 0 Å². The smallest absolute Gasteiger partial charge is 0.258 e. The molecular formula is C22H22N4O4. The topological polar surface area (TPSA) is 119 Å². The van der Waals surface area contributed by atoms with Crippen molar-refractivity contribution in [3.05, 3.63) is 75.1 Å². The maximum atomic E-state index is 12.5. The number of amides is 1. The Morgan fingerprint density at radius 2 is 2.00 bits per heavy atom. The Bertz CT molecular complexity index is 1170. The van der Waals surface area contributed by atoms with Gasteiger partial charge in [0.25, 0.3) is 5.56 Å². The summed E-state index contributed by atoms with van der Waals surface area (Å²) in [5.74, 6) is 0.544. The van der Waals surface area contributed by atoms with Gasteiger partial charge in [-0.15, -0.1) is 0 Å². The van der Waals surface area contributed by atoms with Gasteiger partial charge in [0.15, 0.2) is 11.5 Å². The van der Waals surface area contributed by atoms with Crippen molar-refractivity contribution in [3.8, 4) is 11.5 Å². The maximum Gasteiger partial charge on any atom is 0.258 e. The van der Waals surface area contributed by atoms with Gasteiger partial charge in [0, 0.05) is 12.3 Å². The average molecular weight is 406 g/mol. The zero-order valence-electron chi connectivity index (χ0n) is 16.7. The first kappa shape index (κ1) is 19.5. The number of aromatic amines is 1. The van der Waals surface area contributed by atoms with E-state index in [0.29, 0.717) is 23.7 Å². The molecule has 1 aliphatic heterocycles. The molecule has 0 spiro atoms. The van der Waals surface area contributed by atoms with Crippen molar-refractivity contribution in [2.45, 2.75) is 25.9 Å². The molecule has 1 aromatic heterocycles. The van der Waals surface area contributed by atoms with Crippen LogP contribution in [0.4, 0.5) is 11.8 Å². The Hall–Kier alpha value is -3.81. The molecule has 2 aromatic carbocycles. The molecule has 1 unspecified atom stereocenters. The number of methoxy groups -OCH3 is 1. The Balaban J connectivity index is 1.65. The number of nitrogen functional groups attached to an aromatic ring is 1. The molecule has 2 heterocycles. The number of rotatable bonds is 5. The Morgan fingerprint density at radius 1 is 1.17 bits per heavy atom. The summed E-state index contributed by atoms with van der Waals surface area (Å²) < 4.78 is 11.4. The van der Waals surface area contributed by atoms with E-state index >= 15 is 0 Å². The molecule has 1 amide bonds. The third kappa shape index (κ3) is 3.84. The van der Waals surface area contributed by atoms with Crippen molar-refractivity contribution >= 4 is 17.7 Å². The summed E-state index contributed by atoms with van der Waals surface area (Å²) >= 11 is 0. The highest BCUT2D eigenvalue weighted by atomic mass is 16.5. The molecule has 4 rings (SSSR count). The van der Waals surface area contributed by atoms with Gasteiger partial charge < -0.3 is 20.5 Å². The fourth-order valence-corrected chi connectivity index (χ4v) is 3.66. The van der Waals surface area contributed by atoms with E-state index in [4.69, 9.17) is 15.2 Å². The lowest BCUT2D eigenvalue weighted by Gasteiger charge is -2.25. The van der Waals surface area contributed by atoms with Crippen molar-refractivity contribution < 1.29 is 14.3 Å². The minimum absolute atomic E-state index is 0.0443. The summed E-state index contributed by atoms with van der Waals surface area (Å²) in [5.41, 5.74) is 8.58. The second-order valence-corrected chi connectivity index (χ2v) is 7.21. The molecule has 0 radical (unpaired) electrons. The van der Waals surface area contributed by atoms with Crippen LogP contribution in [0.25, 0.3) is 0 Å². The molecule has 154 valence electrons. The van der Waals surface area contributed by atoms with Gasteiger partial charge in [0.05, 0.1) is 12.7 Å². The molecule has 1 aliphatic rings. The first-order valence-electron chi connectivity index (χ1n) is 9.50. The average Bonchev–Trinajstić information content (AvgIpc) is 2.71. The number of ether oxygens (including phenoxy) is 2. The third-order valence-corrected chi connectivity index (χ3v) is 5.04. The molecule has 0 saturated heterocycles. The lowest BCUT2D eigenvalue weighted by molar-refractivity contribution is -0.116. The zero-order chi connectivity index (χ0) is 21.3. The van der Waals surface area contributed by atoms with Crippen molar-refractivity contribution in [1.82, 2.24) is 9.97 Å². The fraction of sp³-hybridized carbons (Fsp3) is 0.227. The summed E-state index contributed by atoms with van der Waals surface area (Å²) in [4.78, 5) is 31.2. The van der Waals surface area contributed by atoms with E-state index < -0.39 is 5.92 Å². The monoisotopic (exact) mass is 406 g/mol. The van der Waals surface area contributed by atoms with Crippen LogP contribution in [0.15, 0.2) is 47.3 Å². The third-order valence-electron chi connectivity index (χ3n) is 5.04. The second-order valence-electron chi connectivity index (χ2n) is 7.21. The normalized spacial score (nSPS) is 15.3. The SMILES string of the molecule is COc1cc(C2CC(=O)Nc3nc(N)[nH]c(=O)c32)ccc1OCc1cccc(C)c1. The van der Waals surface area contributed by atoms with Gasteiger partial charge >= 0.3 is 0 Å². The van der Waals surface area contributed by atoms with Crippen LogP contribution in [0.5, 0.6) is 11.5 Å². The van der Waals surface area contributed by atoms with E-state index in [1.54, 1.807) is 19.2 Å². The molecule has 0 saturated carbocycles. The number of carbonyl (C=O) groups excluding carboxylic acids is 1. The largest absolute Gasteiger partial charge is 0.493 e. The Morgan fingerprint density at radius 3 is 2.77 bits per heavy atom. The molecule has 30 heavy (non-hydrogen) atoms. The van der Waals surface area contributed by atoms with Gasteiger partial charge in [0.2, 0.25) is 11.9 Å². The number of nitrogens with two attached hydrogens (primary N) is 1. The minimum Gasteiger partial charge on any atom is -0.493 e. The molecular weight excluding hydrogens is 384 g/mol. The number of nitrogens with zero attached hydrogens (tertiary/aromatic N) is 1. The molecule has 8 heteroatoms. The summed E-state index contributed by atoms with van der Waals surface area (Å²) in [5, 5.41) is 2.62. The van der Waals surface area contributed by atoms with Gasteiger partial charge in [-0.3, -0.25) is 14.6 Å². The van der Waals surface area contributed by atoms with Crippen LogP contribution >= 0.6 is 0 Å². The number of anilines is 2. The number of benzene rings is 2. The van der Waals surface area contributed by atoms with Crippen LogP contribution < -0.4 is 26.1 Å². The van der Waals surface area contributed by atoms with E-state index in [1.165, 1.54) is 0 Å². The molecule has 0 bridgehead atoms. The number of fused-ring (bicyclic) bond motifs is 1. The van der Waals surface area contributed by atoms with Crippen LogP contribution in [0.1, 0.15) is 34.6 Å². The number of aryl methyl sites for hydroxylation is 1. The summed E-state index contributed by atoms with van der Waals surface area (Å²) in [6.07, 6.45) is 0.119. The number of aromatic nitrogens is 2. The van der Waals surface area contributed by atoms with Crippen molar-refractivity contribution in [1.29, 1.82) is 0 Å². The van der Waals surface area contributed by atoms with Gasteiger partial charge in [-0.05, 0) is 30.2 Å². The lowest BCUT2D eigenvalue weighted by Crippen LogP contribution is -2.31. The van der Waals surface area contributed by atoms with Crippen LogP contribution in [-0.4, -0.2) is 23.0 Å². The molecule has 8 nitrogen and oxygen atoms in total. The minimum atomic E-state index is -0.467. The maximum absolute atomic E-state index is 12.5. The van der Waals surface area contributed by atoms with E-state index in [-0.39, 0.29) is 29.7 Å². The predicted molar refractivity (Wildman–Crippen MR) is 113 cm³/mol. The second kappa shape index (κ2) is 7.90. The highest BCUT2D eigenvalue weighted by Gasteiger charge is 2.31. The summed E-state index contributed by atoms with van der Waals surface area (Å²) in [6.45, 7) is 2.43. The van der Waals surface area contributed by atoms with Gasteiger partial charge in [-0.2, -0.15) is 4.98 Å². The van der Waals surface area contributed by atoms with Crippen molar-refractivity contribution in [2.75, 3.05) is 18.2 Å². The number of carbonyl (C=O) groups is 1. The Labute approximate surface area is 173 Å². The van der Waals surface area contributed by atoms with Crippen molar-refractivity contribution in [2.24, 2.45) is 0 Å². The van der Waals surface area contributed by atoms with Gasteiger partial charge in [0.1, 0.15) is 12.4 Å². The zero-order valence-corrected chi connectivity index (χ0v) is 16.7. The molecule has 4 N–H and O–H groups in total. The summed E-state index contributed by atoms with van der Waals surface area (Å²) in [6, 6.07) is 13.5. The predicted octanol–water partition coefficient (Wildman–Crippen LogP) is 2.72. The van der Waals surface area contributed by atoms with Crippen LogP contribution in [0.2, 0.25) is 0 Å². The molecule has 0 fully saturated rings. The first-order valence-corrected chi connectivity index (χ1v) is 9.50. The Kier molecular flexibility index (Phi) is 5.14. The highest BCUT2D eigenvalue weighted by molar-refractivity contribution is 5.94. The highest BCUT2D eigenvalue weighted by Crippen LogP contribution is 2.38. The van der Waals surface area contributed by atoms with E-state index in [1.807, 2.05) is 31.2 Å². The lowest BCUT2D eigenvalue weighted by atomic mass is 9.86. The molecule has 0 aliphatic carbocycles. The standard InChI is InChI=1S/C22H22N4O4/c1-12-4-3-5-13(8-12)11-30-16-7-6-14(9-17(16)29-2)15-10-18(27)24-20-19(15)21(28)26-22(23)25-20/h3-9,15H,10-11H2,1-2H3,(H4,23,24,25,26,27,28). The number of H-pyrrole nitrogens is 1. The number of hydrogen-bond donors (Lipinski definition) is 3. The molecule has 1 atom stereocenters. The van der Waals surface area contributed by atoms with Crippen LogP contribution in [0.3, 0.4) is 0 Å². The fourth-order valence-electron chi connectivity index (χ4n) is 3.66. The van der Waals surface area contributed by atoms with Crippen LogP contribution in [-0.2, 0) is 11.4 Å². The summed E-state index contributed by atoms with van der Waals surface area (Å²) in [7, 11) is 1.55. The quantitative estimate of drug-likeness (QED) is 0.599. The number of hydrogen-bond acceptors (Lipinski definition) is 6. The van der Waals surface area contributed by atoms with E-state index in [9.17, 15) is 9.59 Å². The van der Waals surface area contributed by atoms with E-state index in [2.05, 4.69) is 21.4 Å². The van der Waals surface area contributed by atoms with Gasteiger partial charge in [-0.25, -0.2) is 0 Å². The van der Waals surface area contributed by atoms with Crippen LogP contribution in [0, 0.1) is 6.92 Å². The van der Waals surface area contributed by atoms with Gasteiger partial charge in [-0.1, -0.05) is 35.9 Å². The van der Waals surface area contributed by atoms with E-state index in [0.717, 1.165) is 16.7 Å². The number of nitrogens with one attached hydrogen (secondary N) is 2. The first-order chi connectivity index (χ1) is 14.4. The molecule has 3 aromatic rings.